The fraction of sp³-hybridized carbons (Fsp3) is 0.500. The predicted octanol–water partition coefficient (Wildman–Crippen LogP) is 1.03. The number of anilines is 1. The van der Waals surface area contributed by atoms with Crippen molar-refractivity contribution in [3.8, 4) is 0 Å². The minimum absolute atomic E-state index is 0.00651. The molecule has 1 rings (SSSR count). The van der Waals surface area contributed by atoms with E-state index in [0.29, 0.717) is 18.5 Å². The second kappa shape index (κ2) is 8.97. The van der Waals surface area contributed by atoms with Crippen LogP contribution in [0.4, 0.5) is 10.5 Å². The molecule has 9 nitrogen and oxygen atoms in total. The van der Waals surface area contributed by atoms with E-state index in [1.807, 2.05) is 6.92 Å². The molecule has 0 spiro atoms. The van der Waals surface area contributed by atoms with Gasteiger partial charge in [0.15, 0.2) is 5.60 Å². The van der Waals surface area contributed by atoms with Crippen molar-refractivity contribution < 1.29 is 28.2 Å². The molecule has 146 valence electrons. The summed E-state index contributed by atoms with van der Waals surface area (Å²) in [6, 6.07) is 3.54. The van der Waals surface area contributed by atoms with Crippen LogP contribution in [0.25, 0.3) is 0 Å². The van der Waals surface area contributed by atoms with Crippen molar-refractivity contribution in [1.29, 1.82) is 0 Å². The van der Waals surface area contributed by atoms with E-state index in [2.05, 4.69) is 15.4 Å². The number of aliphatic hydroxyl groups is 1. The summed E-state index contributed by atoms with van der Waals surface area (Å²) >= 11 is 0. The van der Waals surface area contributed by atoms with Crippen molar-refractivity contribution in [2.75, 3.05) is 18.4 Å². The second-order valence-electron chi connectivity index (χ2n) is 6.11. The molecule has 10 heteroatoms. The molecule has 1 aromatic rings. The summed E-state index contributed by atoms with van der Waals surface area (Å²) in [5, 5.41) is 23.1. The molecule has 0 bridgehead atoms. The third kappa shape index (κ3) is 6.28. The number of unbranched alkanes of at least 4 members (excludes halogenated alkanes) is 1. The molecule has 0 radical (unpaired) electrons. The topological polar surface area (TPSA) is 145 Å². The van der Waals surface area contributed by atoms with Crippen molar-refractivity contribution in [3.05, 3.63) is 23.8 Å². The largest absolute Gasteiger partial charge is 0.479 e. The second-order valence-corrected chi connectivity index (χ2v) is 7.88. The zero-order chi connectivity index (χ0) is 20.0. The van der Waals surface area contributed by atoms with Gasteiger partial charge in [0, 0.05) is 12.2 Å². The van der Waals surface area contributed by atoms with Crippen LogP contribution in [0.15, 0.2) is 23.1 Å². The summed E-state index contributed by atoms with van der Waals surface area (Å²) in [7, 11) is -3.69. The van der Waals surface area contributed by atoms with E-state index in [1.54, 1.807) is 13.0 Å². The zero-order valence-corrected chi connectivity index (χ0v) is 15.8. The lowest BCUT2D eigenvalue weighted by atomic mass is 10.1. The first-order valence-electron chi connectivity index (χ1n) is 8.10. The van der Waals surface area contributed by atoms with Gasteiger partial charge in [-0.1, -0.05) is 19.4 Å². The number of urea groups is 1. The minimum Gasteiger partial charge on any atom is -0.479 e. The molecule has 5 N–H and O–H groups in total. The molecule has 0 saturated carbocycles. The van der Waals surface area contributed by atoms with Crippen molar-refractivity contribution in [2.24, 2.45) is 0 Å². The third-order valence-corrected chi connectivity index (χ3v) is 5.10. The highest BCUT2D eigenvalue weighted by atomic mass is 32.2. The van der Waals surface area contributed by atoms with Crippen molar-refractivity contribution >= 4 is 27.7 Å². The maximum atomic E-state index is 12.3. The Morgan fingerprint density at radius 1 is 1.27 bits per heavy atom. The van der Waals surface area contributed by atoms with Crippen LogP contribution in [0.3, 0.4) is 0 Å². The highest BCUT2D eigenvalue weighted by Crippen LogP contribution is 2.20. The first kappa shape index (κ1) is 21.9. The Hall–Kier alpha value is -2.17. The Labute approximate surface area is 152 Å². The van der Waals surface area contributed by atoms with Crippen molar-refractivity contribution in [1.82, 2.24) is 10.0 Å². The molecule has 0 fully saturated rings. The molecule has 1 unspecified atom stereocenters. The van der Waals surface area contributed by atoms with Crippen LogP contribution < -0.4 is 15.4 Å². The first-order chi connectivity index (χ1) is 12.0. The molecule has 1 aromatic carbocycles. The molecular weight excluding hydrogens is 362 g/mol. The standard InChI is InChI=1S/C16H25N3O6S/c1-4-5-8-18-26(24,25)12-7-6-11(2)13(9-12)19-15(22)17-10-16(3,23)14(20)21/h6-7,9,18,23H,4-5,8,10H2,1-3H3,(H,20,21)(H2,17,19,22). The molecule has 0 aromatic heterocycles. The van der Waals surface area contributed by atoms with Crippen LogP contribution in [0.1, 0.15) is 32.3 Å². The van der Waals surface area contributed by atoms with Gasteiger partial charge in [0.05, 0.1) is 11.4 Å². The Bertz CT molecular complexity index is 761. The molecule has 26 heavy (non-hydrogen) atoms. The predicted molar refractivity (Wildman–Crippen MR) is 96.6 cm³/mol. The zero-order valence-electron chi connectivity index (χ0n) is 15.0. The number of hydrogen-bond donors (Lipinski definition) is 5. The summed E-state index contributed by atoms with van der Waals surface area (Å²) < 4.78 is 27.0. The van der Waals surface area contributed by atoms with Gasteiger partial charge in [-0.25, -0.2) is 22.7 Å². The number of carboxylic acids is 1. The van der Waals surface area contributed by atoms with Gasteiger partial charge >= 0.3 is 12.0 Å². The van der Waals surface area contributed by atoms with Crippen LogP contribution in [0.5, 0.6) is 0 Å². The number of nitrogens with one attached hydrogen (secondary N) is 3. The third-order valence-electron chi connectivity index (χ3n) is 3.64. The van der Waals surface area contributed by atoms with Crippen LogP contribution in [-0.4, -0.2) is 49.3 Å². The number of aryl methyl sites for hydroxylation is 1. The molecule has 0 aliphatic carbocycles. The van der Waals surface area contributed by atoms with E-state index in [9.17, 15) is 23.1 Å². The fourth-order valence-corrected chi connectivity index (χ4v) is 2.96. The number of sulfonamides is 1. The summed E-state index contributed by atoms with van der Waals surface area (Å²) in [5.74, 6) is -1.47. The fourth-order valence-electron chi connectivity index (χ4n) is 1.86. The molecule has 2 amide bonds. The van der Waals surface area contributed by atoms with Crippen molar-refractivity contribution in [2.45, 2.75) is 44.1 Å². The lowest BCUT2D eigenvalue weighted by Crippen LogP contribution is -2.47. The number of benzene rings is 1. The molecular formula is C16H25N3O6S. The van der Waals surface area contributed by atoms with E-state index in [1.165, 1.54) is 12.1 Å². The van der Waals surface area contributed by atoms with E-state index < -0.39 is 34.2 Å². The van der Waals surface area contributed by atoms with Gasteiger partial charge in [0.2, 0.25) is 10.0 Å². The van der Waals surface area contributed by atoms with E-state index in [4.69, 9.17) is 5.11 Å². The van der Waals surface area contributed by atoms with Gasteiger partial charge in [-0.15, -0.1) is 0 Å². The quantitative estimate of drug-likeness (QED) is 0.400. The Morgan fingerprint density at radius 3 is 2.50 bits per heavy atom. The number of aliphatic carboxylic acids is 1. The number of carbonyl (C=O) groups is 2. The summed E-state index contributed by atoms with van der Waals surface area (Å²) in [6.07, 6.45) is 1.56. The number of carboxylic acid groups (broad SMARTS) is 1. The van der Waals surface area contributed by atoms with Crippen LogP contribution >= 0.6 is 0 Å². The van der Waals surface area contributed by atoms with Gasteiger partial charge in [-0.3, -0.25) is 0 Å². The van der Waals surface area contributed by atoms with Gasteiger partial charge in [-0.2, -0.15) is 0 Å². The van der Waals surface area contributed by atoms with Crippen molar-refractivity contribution in [3.63, 3.8) is 0 Å². The molecule has 0 aliphatic rings. The van der Waals surface area contributed by atoms with Gasteiger partial charge in [-0.05, 0) is 38.0 Å². The highest BCUT2D eigenvalue weighted by molar-refractivity contribution is 7.89. The number of hydrogen-bond acceptors (Lipinski definition) is 5. The maximum absolute atomic E-state index is 12.3. The highest BCUT2D eigenvalue weighted by Gasteiger charge is 2.30. The first-order valence-corrected chi connectivity index (χ1v) is 9.59. The van der Waals surface area contributed by atoms with E-state index in [-0.39, 0.29) is 10.6 Å². The average Bonchev–Trinajstić information content (AvgIpc) is 2.55. The lowest BCUT2D eigenvalue weighted by Gasteiger charge is -2.19. The summed E-state index contributed by atoms with van der Waals surface area (Å²) in [6.45, 7) is 4.49. The van der Waals surface area contributed by atoms with Gasteiger partial charge < -0.3 is 20.8 Å². The van der Waals surface area contributed by atoms with Crippen LogP contribution in [0.2, 0.25) is 0 Å². The van der Waals surface area contributed by atoms with Gasteiger partial charge in [0.1, 0.15) is 0 Å². The lowest BCUT2D eigenvalue weighted by molar-refractivity contribution is -0.155. The number of rotatable bonds is 9. The number of amides is 2. The summed E-state index contributed by atoms with van der Waals surface area (Å²) in [5.41, 5.74) is -1.23. The van der Waals surface area contributed by atoms with E-state index >= 15 is 0 Å². The Kier molecular flexibility index (Phi) is 7.54. The summed E-state index contributed by atoms with van der Waals surface area (Å²) in [4.78, 5) is 22.7. The molecule has 0 heterocycles. The number of carbonyl (C=O) groups excluding carboxylic acids is 1. The minimum atomic E-state index is -3.69. The Balaban J connectivity index is 2.84. The van der Waals surface area contributed by atoms with Gasteiger partial charge in [0.25, 0.3) is 0 Å². The molecule has 1 atom stereocenters. The average molecular weight is 387 g/mol. The van der Waals surface area contributed by atoms with Crippen LogP contribution in [-0.2, 0) is 14.8 Å². The maximum Gasteiger partial charge on any atom is 0.337 e. The molecule has 0 saturated heterocycles. The smallest absolute Gasteiger partial charge is 0.337 e. The SMILES string of the molecule is CCCCNS(=O)(=O)c1ccc(C)c(NC(=O)NCC(C)(O)C(=O)O)c1. The monoisotopic (exact) mass is 387 g/mol. The normalized spacial score (nSPS) is 13.7. The van der Waals surface area contributed by atoms with Crippen LogP contribution in [0, 0.1) is 6.92 Å². The Morgan fingerprint density at radius 2 is 1.92 bits per heavy atom. The van der Waals surface area contributed by atoms with E-state index in [0.717, 1.165) is 13.3 Å². The molecule has 0 aliphatic heterocycles.